The first kappa shape index (κ1) is 15.5. The first-order valence-corrected chi connectivity index (χ1v) is 7.80. The molecule has 0 saturated heterocycles. The van der Waals surface area contributed by atoms with Crippen LogP contribution in [-0.2, 0) is 0 Å². The number of carbonyl (C=O) groups excluding carboxylic acids is 1. The number of aromatic nitrogens is 3. The summed E-state index contributed by atoms with van der Waals surface area (Å²) in [7, 11) is 0. The fourth-order valence-corrected chi connectivity index (χ4v) is 3.39. The number of halogens is 2. The summed E-state index contributed by atoms with van der Waals surface area (Å²) in [4.78, 5) is 12.4. The van der Waals surface area contributed by atoms with E-state index < -0.39 is 29.0 Å². The summed E-state index contributed by atoms with van der Waals surface area (Å²) in [5, 5.41) is 17.3. The van der Waals surface area contributed by atoms with Gasteiger partial charge in [-0.2, -0.15) is 0 Å². The van der Waals surface area contributed by atoms with Crippen molar-refractivity contribution in [2.24, 2.45) is 11.7 Å². The van der Waals surface area contributed by atoms with Crippen LogP contribution in [0, 0.1) is 17.6 Å². The van der Waals surface area contributed by atoms with Gasteiger partial charge < -0.3 is 10.9 Å². The van der Waals surface area contributed by atoms with E-state index in [0.717, 1.165) is 18.9 Å². The molecule has 1 amide bonds. The molecule has 1 atom stereocenters. The molecule has 1 aliphatic carbocycles. The number of nitrogens with two attached hydrogens (primary N) is 1. The van der Waals surface area contributed by atoms with Crippen molar-refractivity contribution in [3.8, 4) is 0 Å². The molecule has 128 valence electrons. The second kappa shape index (κ2) is 5.51. The second-order valence-corrected chi connectivity index (χ2v) is 6.20. The summed E-state index contributed by atoms with van der Waals surface area (Å²) in [6.45, 7) is 0. The highest BCUT2D eigenvalue weighted by Crippen LogP contribution is 2.48. The number of fused-ring (bicyclic) bond motifs is 1. The van der Waals surface area contributed by atoms with Crippen molar-refractivity contribution in [1.82, 2.24) is 15.2 Å². The Morgan fingerprint density at radius 1 is 1.24 bits per heavy atom. The average molecular weight is 344 g/mol. The monoisotopic (exact) mass is 344 g/mol. The molecule has 1 aromatic heterocycles. The van der Waals surface area contributed by atoms with Gasteiger partial charge in [-0.1, -0.05) is 23.0 Å². The summed E-state index contributed by atoms with van der Waals surface area (Å²) < 4.78 is 27.9. The van der Waals surface area contributed by atoms with Crippen molar-refractivity contribution in [1.29, 1.82) is 0 Å². The number of nitrogens with zero attached hydrogens (tertiary/aromatic N) is 3. The van der Waals surface area contributed by atoms with Gasteiger partial charge in [-0.05, 0) is 47.2 Å². The molecule has 0 unspecified atom stereocenters. The van der Waals surface area contributed by atoms with Crippen molar-refractivity contribution < 1.29 is 18.8 Å². The van der Waals surface area contributed by atoms with Crippen LogP contribution < -0.4 is 5.73 Å². The maximum Gasteiger partial charge on any atom is 0.252 e. The molecule has 3 N–H and O–H groups in total. The van der Waals surface area contributed by atoms with Gasteiger partial charge in [-0.3, -0.25) is 4.79 Å². The third kappa shape index (κ3) is 2.41. The van der Waals surface area contributed by atoms with Crippen molar-refractivity contribution in [2.75, 3.05) is 0 Å². The van der Waals surface area contributed by atoms with Crippen molar-refractivity contribution in [3.05, 3.63) is 58.7 Å². The SMILES string of the molecule is NC(=O)c1c([C@@H](c2cccc3c2nnn3O)C2CC2)ccc(F)c1F. The van der Waals surface area contributed by atoms with Gasteiger partial charge in [0.1, 0.15) is 11.0 Å². The lowest BCUT2D eigenvalue weighted by atomic mass is 9.83. The van der Waals surface area contributed by atoms with Crippen LogP contribution >= 0.6 is 0 Å². The molecule has 3 aromatic rings. The topological polar surface area (TPSA) is 94.0 Å². The summed E-state index contributed by atoms with van der Waals surface area (Å²) in [6, 6.07) is 7.53. The smallest absolute Gasteiger partial charge is 0.252 e. The van der Waals surface area contributed by atoms with E-state index in [4.69, 9.17) is 5.73 Å². The van der Waals surface area contributed by atoms with E-state index in [2.05, 4.69) is 10.3 Å². The predicted octanol–water partition coefficient (Wildman–Crippen LogP) is 2.59. The van der Waals surface area contributed by atoms with Crippen LogP contribution in [0.1, 0.15) is 40.2 Å². The van der Waals surface area contributed by atoms with Crippen molar-refractivity contribution in [3.63, 3.8) is 0 Å². The Kier molecular flexibility index (Phi) is 3.41. The summed E-state index contributed by atoms with van der Waals surface area (Å²) in [5.41, 5.74) is 6.74. The maximum atomic E-state index is 14.2. The van der Waals surface area contributed by atoms with Gasteiger partial charge in [0.05, 0.1) is 5.56 Å². The Bertz CT molecular complexity index is 998. The van der Waals surface area contributed by atoms with Crippen LogP contribution in [0.15, 0.2) is 30.3 Å². The molecule has 25 heavy (non-hydrogen) atoms. The number of amides is 1. The standard InChI is InChI=1S/C17H14F2N4O2/c18-11-7-6-9(14(15(11)19)17(20)24)13(8-4-5-8)10-2-1-3-12-16(10)21-22-23(12)25/h1-3,6-8,13,25H,4-5H2,(H2,20,24)/t13-/m0/s1. The highest BCUT2D eigenvalue weighted by Gasteiger charge is 2.38. The minimum Gasteiger partial charge on any atom is -0.410 e. The van der Waals surface area contributed by atoms with Gasteiger partial charge in [0, 0.05) is 5.92 Å². The number of rotatable bonds is 4. The quantitative estimate of drug-likeness (QED) is 0.711. The van der Waals surface area contributed by atoms with E-state index in [0.29, 0.717) is 27.0 Å². The molecule has 8 heteroatoms. The molecular formula is C17H14F2N4O2. The summed E-state index contributed by atoms with van der Waals surface area (Å²) >= 11 is 0. The zero-order valence-electron chi connectivity index (χ0n) is 13.0. The molecule has 0 bridgehead atoms. The molecular weight excluding hydrogens is 330 g/mol. The van der Waals surface area contributed by atoms with Crippen molar-refractivity contribution >= 4 is 16.9 Å². The Morgan fingerprint density at radius 2 is 2.00 bits per heavy atom. The largest absolute Gasteiger partial charge is 0.410 e. The lowest BCUT2D eigenvalue weighted by Crippen LogP contribution is -2.20. The van der Waals surface area contributed by atoms with Gasteiger partial charge >= 0.3 is 0 Å². The molecule has 4 rings (SSSR count). The number of benzene rings is 2. The van der Waals surface area contributed by atoms with E-state index in [9.17, 15) is 18.8 Å². The fraction of sp³-hybridized carbons (Fsp3) is 0.235. The highest BCUT2D eigenvalue weighted by atomic mass is 19.2. The normalized spacial score (nSPS) is 15.4. The van der Waals surface area contributed by atoms with Gasteiger partial charge in [0.25, 0.3) is 5.91 Å². The Hall–Kier alpha value is -3.03. The Balaban J connectivity index is 1.98. The third-order valence-corrected chi connectivity index (χ3v) is 4.63. The Labute approximate surface area is 140 Å². The van der Waals surface area contributed by atoms with Gasteiger partial charge in [0.2, 0.25) is 0 Å². The number of hydrogen-bond donors (Lipinski definition) is 2. The lowest BCUT2D eigenvalue weighted by Gasteiger charge is -2.20. The molecule has 0 aliphatic heterocycles. The van der Waals surface area contributed by atoms with Crippen LogP contribution in [0.2, 0.25) is 0 Å². The number of primary amides is 1. The molecule has 0 radical (unpaired) electrons. The van der Waals surface area contributed by atoms with E-state index in [1.807, 2.05) is 0 Å². The van der Waals surface area contributed by atoms with Crippen LogP contribution in [0.5, 0.6) is 0 Å². The van der Waals surface area contributed by atoms with E-state index in [1.165, 1.54) is 6.07 Å². The lowest BCUT2D eigenvalue weighted by molar-refractivity contribution is 0.0994. The molecule has 1 heterocycles. The minimum atomic E-state index is -1.24. The zero-order chi connectivity index (χ0) is 17.7. The molecule has 1 saturated carbocycles. The first-order valence-electron chi connectivity index (χ1n) is 7.80. The first-order chi connectivity index (χ1) is 12.0. The molecule has 2 aromatic carbocycles. The number of carbonyl (C=O) groups is 1. The van der Waals surface area contributed by atoms with Crippen LogP contribution in [0.3, 0.4) is 0 Å². The van der Waals surface area contributed by atoms with Gasteiger partial charge in [-0.15, -0.1) is 5.10 Å². The fourth-order valence-electron chi connectivity index (χ4n) is 3.39. The summed E-state index contributed by atoms with van der Waals surface area (Å²) in [5.74, 6) is -3.62. The van der Waals surface area contributed by atoms with Crippen LogP contribution in [-0.4, -0.2) is 26.3 Å². The van der Waals surface area contributed by atoms with Gasteiger partial charge in [-0.25, -0.2) is 8.78 Å². The molecule has 6 nitrogen and oxygen atoms in total. The number of hydrogen-bond acceptors (Lipinski definition) is 4. The highest BCUT2D eigenvalue weighted by molar-refractivity contribution is 5.95. The molecule has 1 fully saturated rings. The Morgan fingerprint density at radius 3 is 2.68 bits per heavy atom. The zero-order valence-corrected chi connectivity index (χ0v) is 13.0. The molecule has 0 spiro atoms. The van der Waals surface area contributed by atoms with Crippen LogP contribution in [0.25, 0.3) is 11.0 Å². The average Bonchev–Trinajstić information content (AvgIpc) is 3.34. The second-order valence-electron chi connectivity index (χ2n) is 6.20. The maximum absolute atomic E-state index is 14.2. The third-order valence-electron chi connectivity index (χ3n) is 4.63. The van der Waals surface area contributed by atoms with Crippen LogP contribution in [0.4, 0.5) is 8.78 Å². The predicted molar refractivity (Wildman–Crippen MR) is 84.2 cm³/mol. The molecule has 1 aliphatic rings. The van der Waals surface area contributed by atoms with E-state index in [-0.39, 0.29) is 5.92 Å². The minimum absolute atomic E-state index is 0.150. The van der Waals surface area contributed by atoms with Crippen molar-refractivity contribution in [2.45, 2.75) is 18.8 Å². The van der Waals surface area contributed by atoms with Gasteiger partial charge in [0.15, 0.2) is 11.6 Å². The van der Waals surface area contributed by atoms with E-state index >= 15 is 0 Å². The summed E-state index contributed by atoms with van der Waals surface area (Å²) in [6.07, 6.45) is 1.76. The van der Waals surface area contributed by atoms with E-state index in [1.54, 1.807) is 18.2 Å².